The number of anilines is 2. The third-order valence-corrected chi connectivity index (χ3v) is 2.70. The molecule has 0 saturated heterocycles. The fourth-order valence-electron chi connectivity index (χ4n) is 1.52. The fraction of sp³-hybridized carbons (Fsp3) is 0.636. The van der Waals surface area contributed by atoms with E-state index < -0.39 is 0 Å². The van der Waals surface area contributed by atoms with Crippen molar-refractivity contribution >= 4 is 11.6 Å². The Balaban J connectivity index is 2.41. The van der Waals surface area contributed by atoms with Crippen LogP contribution in [-0.2, 0) is 0 Å². The first-order valence-corrected chi connectivity index (χ1v) is 5.82. The number of hydrogen-bond acceptors (Lipinski definition) is 6. The molecule has 17 heavy (non-hydrogen) atoms. The van der Waals surface area contributed by atoms with Crippen LogP contribution in [-0.4, -0.2) is 28.2 Å². The van der Waals surface area contributed by atoms with E-state index in [0.29, 0.717) is 11.7 Å². The highest BCUT2D eigenvalue weighted by atomic mass is 16.3. The lowest BCUT2D eigenvalue weighted by atomic mass is 10.1. The lowest BCUT2D eigenvalue weighted by Gasteiger charge is -2.11. The summed E-state index contributed by atoms with van der Waals surface area (Å²) in [5, 5.41) is 12.1. The summed E-state index contributed by atoms with van der Waals surface area (Å²) in [6, 6.07) is 0. The van der Waals surface area contributed by atoms with Gasteiger partial charge in [0.05, 0.1) is 0 Å². The molecule has 0 radical (unpaired) electrons. The van der Waals surface area contributed by atoms with Crippen molar-refractivity contribution in [2.75, 3.05) is 23.9 Å². The average Bonchev–Trinajstić information content (AvgIpc) is 2.36. The monoisotopic (exact) mass is 239 g/mol. The summed E-state index contributed by atoms with van der Waals surface area (Å²) in [6.45, 7) is 5.01. The van der Waals surface area contributed by atoms with Gasteiger partial charge < -0.3 is 15.8 Å². The van der Waals surface area contributed by atoms with Gasteiger partial charge in [-0.15, -0.1) is 0 Å². The average molecular weight is 239 g/mol. The molecule has 0 bridgehead atoms. The topological polar surface area (TPSA) is 96.1 Å². The van der Waals surface area contributed by atoms with Gasteiger partial charge in [0, 0.05) is 18.7 Å². The quantitative estimate of drug-likeness (QED) is 0.320. The second kappa shape index (κ2) is 7.03. The molecule has 0 aromatic carbocycles. The molecule has 1 rings (SSSR count). The van der Waals surface area contributed by atoms with E-state index in [1.807, 2.05) is 13.8 Å². The number of aliphatic hydroxyl groups is 1. The molecular weight excluding hydrogens is 218 g/mol. The van der Waals surface area contributed by atoms with Crippen LogP contribution in [0.3, 0.4) is 0 Å². The maximum absolute atomic E-state index is 8.90. The molecule has 6 nitrogen and oxygen atoms in total. The standard InChI is InChI=1S/C11H21N5O/c1-8(6-17)4-3-5-13-10-9(2)11(16-12)15-7-14-10/h7-8,17H,3-6,12H2,1-2H3,(H2,13,14,15,16). The number of nitrogens with one attached hydrogen (secondary N) is 2. The molecule has 0 aliphatic rings. The first-order chi connectivity index (χ1) is 8.19. The molecule has 6 heteroatoms. The predicted octanol–water partition coefficient (Wildman–Crippen LogP) is 0.891. The summed E-state index contributed by atoms with van der Waals surface area (Å²) in [6.07, 6.45) is 3.47. The zero-order chi connectivity index (χ0) is 12.7. The van der Waals surface area contributed by atoms with Crippen molar-refractivity contribution in [3.05, 3.63) is 11.9 Å². The SMILES string of the molecule is Cc1c(NN)ncnc1NCCCC(C)CO. The Morgan fingerprint density at radius 2 is 2.12 bits per heavy atom. The molecule has 0 spiro atoms. The van der Waals surface area contributed by atoms with E-state index in [1.54, 1.807) is 0 Å². The van der Waals surface area contributed by atoms with E-state index >= 15 is 0 Å². The van der Waals surface area contributed by atoms with E-state index in [9.17, 15) is 0 Å². The van der Waals surface area contributed by atoms with Crippen molar-refractivity contribution in [1.29, 1.82) is 0 Å². The van der Waals surface area contributed by atoms with Gasteiger partial charge in [0.1, 0.15) is 18.0 Å². The number of hydrazine groups is 1. The van der Waals surface area contributed by atoms with Crippen LogP contribution in [0.2, 0.25) is 0 Å². The smallest absolute Gasteiger partial charge is 0.148 e. The Labute approximate surface area is 102 Å². The van der Waals surface area contributed by atoms with Crippen LogP contribution in [0.25, 0.3) is 0 Å². The maximum Gasteiger partial charge on any atom is 0.148 e. The minimum absolute atomic E-state index is 0.244. The van der Waals surface area contributed by atoms with Crippen molar-refractivity contribution < 1.29 is 5.11 Å². The Morgan fingerprint density at radius 3 is 2.76 bits per heavy atom. The predicted molar refractivity (Wildman–Crippen MR) is 68.6 cm³/mol. The van der Waals surface area contributed by atoms with E-state index in [-0.39, 0.29) is 6.61 Å². The number of nitrogens with zero attached hydrogens (tertiary/aromatic N) is 2. The lowest BCUT2D eigenvalue weighted by Crippen LogP contribution is -2.13. The Hall–Kier alpha value is -1.40. The first kappa shape index (κ1) is 13.7. The highest BCUT2D eigenvalue weighted by molar-refractivity contribution is 5.55. The number of hydrogen-bond donors (Lipinski definition) is 4. The molecule has 0 amide bonds. The summed E-state index contributed by atoms with van der Waals surface area (Å²) in [5.74, 6) is 7.11. The Kier molecular flexibility index (Phi) is 5.65. The zero-order valence-corrected chi connectivity index (χ0v) is 10.4. The van der Waals surface area contributed by atoms with Gasteiger partial charge in [-0.05, 0) is 25.7 Å². The summed E-state index contributed by atoms with van der Waals surface area (Å²) in [4.78, 5) is 8.16. The van der Waals surface area contributed by atoms with Crippen LogP contribution in [0.1, 0.15) is 25.3 Å². The van der Waals surface area contributed by atoms with Crippen molar-refractivity contribution in [1.82, 2.24) is 9.97 Å². The summed E-state index contributed by atoms with van der Waals surface area (Å²) in [5.41, 5.74) is 3.44. The molecule has 5 N–H and O–H groups in total. The highest BCUT2D eigenvalue weighted by Crippen LogP contribution is 2.17. The summed E-state index contributed by atoms with van der Waals surface area (Å²) < 4.78 is 0. The number of nitrogen functional groups attached to an aromatic ring is 1. The summed E-state index contributed by atoms with van der Waals surface area (Å²) >= 11 is 0. The van der Waals surface area contributed by atoms with E-state index in [0.717, 1.165) is 30.8 Å². The molecular formula is C11H21N5O. The van der Waals surface area contributed by atoms with Crippen LogP contribution in [0.4, 0.5) is 11.6 Å². The van der Waals surface area contributed by atoms with Crippen molar-refractivity contribution in [3.63, 3.8) is 0 Å². The molecule has 0 aliphatic heterocycles. The van der Waals surface area contributed by atoms with E-state index in [2.05, 4.69) is 20.7 Å². The fourth-order valence-corrected chi connectivity index (χ4v) is 1.52. The number of aromatic nitrogens is 2. The number of nitrogens with two attached hydrogens (primary N) is 1. The van der Waals surface area contributed by atoms with Gasteiger partial charge >= 0.3 is 0 Å². The largest absolute Gasteiger partial charge is 0.396 e. The molecule has 1 aromatic heterocycles. The Bertz CT molecular complexity index is 345. The van der Waals surface area contributed by atoms with Crippen molar-refractivity contribution in [2.45, 2.75) is 26.7 Å². The van der Waals surface area contributed by atoms with Gasteiger partial charge in [-0.1, -0.05) is 6.92 Å². The number of rotatable bonds is 7. The van der Waals surface area contributed by atoms with Crippen molar-refractivity contribution in [3.8, 4) is 0 Å². The zero-order valence-electron chi connectivity index (χ0n) is 10.4. The molecule has 1 heterocycles. The highest BCUT2D eigenvalue weighted by Gasteiger charge is 2.05. The minimum Gasteiger partial charge on any atom is -0.396 e. The normalized spacial score (nSPS) is 12.2. The van der Waals surface area contributed by atoms with Crippen molar-refractivity contribution in [2.24, 2.45) is 11.8 Å². The molecule has 1 unspecified atom stereocenters. The van der Waals surface area contributed by atoms with Gasteiger partial charge in [-0.3, -0.25) is 0 Å². The van der Waals surface area contributed by atoms with Crippen LogP contribution < -0.4 is 16.6 Å². The molecule has 0 fully saturated rings. The molecule has 96 valence electrons. The van der Waals surface area contributed by atoms with Crippen LogP contribution in [0.5, 0.6) is 0 Å². The first-order valence-electron chi connectivity index (χ1n) is 5.82. The number of aliphatic hydroxyl groups excluding tert-OH is 1. The van der Waals surface area contributed by atoms with Gasteiger partial charge in [-0.2, -0.15) is 0 Å². The van der Waals surface area contributed by atoms with E-state index in [1.165, 1.54) is 6.33 Å². The Morgan fingerprint density at radius 1 is 1.41 bits per heavy atom. The van der Waals surface area contributed by atoms with Crippen LogP contribution in [0.15, 0.2) is 6.33 Å². The molecule has 1 atom stereocenters. The van der Waals surface area contributed by atoms with Gasteiger partial charge in [-0.25, -0.2) is 15.8 Å². The van der Waals surface area contributed by atoms with Gasteiger partial charge in [0.25, 0.3) is 0 Å². The second-order valence-electron chi connectivity index (χ2n) is 4.20. The van der Waals surface area contributed by atoms with Gasteiger partial charge in [0.2, 0.25) is 0 Å². The lowest BCUT2D eigenvalue weighted by molar-refractivity contribution is 0.229. The van der Waals surface area contributed by atoms with Crippen LogP contribution >= 0.6 is 0 Å². The minimum atomic E-state index is 0.244. The van der Waals surface area contributed by atoms with Gasteiger partial charge in [0.15, 0.2) is 0 Å². The second-order valence-corrected chi connectivity index (χ2v) is 4.20. The summed E-state index contributed by atoms with van der Waals surface area (Å²) in [7, 11) is 0. The molecule has 0 aliphatic carbocycles. The third kappa shape index (κ3) is 4.16. The van der Waals surface area contributed by atoms with E-state index in [4.69, 9.17) is 10.9 Å². The maximum atomic E-state index is 8.90. The molecule has 1 aromatic rings. The van der Waals surface area contributed by atoms with Crippen LogP contribution in [0, 0.1) is 12.8 Å². The third-order valence-electron chi connectivity index (χ3n) is 2.70. The molecule has 0 saturated carbocycles.